The summed E-state index contributed by atoms with van der Waals surface area (Å²) < 4.78 is 3.18. The smallest absolute Gasteiger partial charge is 0.259 e. The van der Waals surface area contributed by atoms with E-state index in [1.54, 1.807) is 21.9 Å². The third-order valence-electron chi connectivity index (χ3n) is 4.61. The van der Waals surface area contributed by atoms with E-state index < -0.39 is 0 Å². The van der Waals surface area contributed by atoms with Gasteiger partial charge >= 0.3 is 5.69 Å². The molecule has 0 unspecified atom stereocenters. The van der Waals surface area contributed by atoms with Crippen molar-refractivity contribution < 1.29 is 0 Å². The fourth-order valence-electron chi connectivity index (χ4n) is 3.36. The summed E-state index contributed by atoms with van der Waals surface area (Å²) in [6.45, 7) is 8.70. The molecule has 0 spiro atoms. The lowest BCUT2D eigenvalue weighted by Crippen LogP contribution is -2.24. The van der Waals surface area contributed by atoms with Crippen LogP contribution in [0.2, 0.25) is 0 Å². The molecule has 4 aromatic rings. The predicted octanol–water partition coefficient (Wildman–Crippen LogP) is 3.54. The molecule has 134 valence electrons. The maximum absolute atomic E-state index is 13.1. The SMILES string of the molecule is CCc1c(C)sc2nc(C(C)C)n3c(=O)n(Cc4ccccn4)nc3c12. The first kappa shape index (κ1) is 16.9. The quantitative estimate of drug-likeness (QED) is 0.553. The number of aromatic nitrogens is 5. The molecule has 0 aliphatic carbocycles. The maximum Gasteiger partial charge on any atom is 0.352 e. The third kappa shape index (κ3) is 2.54. The molecule has 26 heavy (non-hydrogen) atoms. The molecule has 0 aromatic carbocycles. The number of thiophene rings is 1. The second-order valence-electron chi connectivity index (χ2n) is 6.72. The number of aryl methyl sites for hydroxylation is 2. The average Bonchev–Trinajstić information content (AvgIpc) is 3.11. The minimum atomic E-state index is -0.158. The zero-order chi connectivity index (χ0) is 18.4. The molecule has 0 fully saturated rings. The van der Waals surface area contributed by atoms with E-state index >= 15 is 0 Å². The highest BCUT2D eigenvalue weighted by Crippen LogP contribution is 2.33. The first-order valence-electron chi connectivity index (χ1n) is 8.82. The Labute approximate surface area is 155 Å². The first-order valence-corrected chi connectivity index (χ1v) is 9.64. The van der Waals surface area contributed by atoms with Crippen LogP contribution in [-0.4, -0.2) is 24.1 Å². The van der Waals surface area contributed by atoms with Gasteiger partial charge in [0.15, 0.2) is 5.65 Å². The Hall–Kier alpha value is -2.54. The molecule has 0 aliphatic heterocycles. The van der Waals surface area contributed by atoms with Gasteiger partial charge in [0.05, 0.1) is 17.6 Å². The topological polar surface area (TPSA) is 65.1 Å². The van der Waals surface area contributed by atoms with Crippen LogP contribution in [0.3, 0.4) is 0 Å². The van der Waals surface area contributed by atoms with E-state index in [1.165, 1.54) is 15.1 Å². The molecule has 0 amide bonds. The highest BCUT2D eigenvalue weighted by atomic mass is 32.1. The van der Waals surface area contributed by atoms with Gasteiger partial charge in [0.1, 0.15) is 10.7 Å². The summed E-state index contributed by atoms with van der Waals surface area (Å²) in [6.07, 6.45) is 2.62. The maximum atomic E-state index is 13.1. The molecule has 0 radical (unpaired) electrons. The van der Waals surface area contributed by atoms with Gasteiger partial charge < -0.3 is 0 Å². The van der Waals surface area contributed by atoms with Crippen LogP contribution in [0.15, 0.2) is 29.2 Å². The van der Waals surface area contributed by atoms with Crippen molar-refractivity contribution >= 4 is 27.2 Å². The number of nitrogens with zero attached hydrogens (tertiary/aromatic N) is 5. The van der Waals surface area contributed by atoms with Crippen LogP contribution < -0.4 is 5.69 Å². The molecule has 0 saturated carbocycles. The standard InChI is InChI=1S/C19H21N5OS/c1-5-14-12(4)26-18-15(14)17-22-23(10-13-8-6-7-9-20-13)19(25)24(17)16(21-18)11(2)3/h6-9,11H,5,10H2,1-4H3. The number of rotatable bonds is 4. The van der Waals surface area contributed by atoms with Gasteiger partial charge in [-0.3, -0.25) is 4.98 Å². The van der Waals surface area contributed by atoms with Gasteiger partial charge in [-0.2, -0.15) is 0 Å². The molecule has 0 atom stereocenters. The first-order chi connectivity index (χ1) is 12.5. The normalized spacial score (nSPS) is 11.9. The van der Waals surface area contributed by atoms with Gasteiger partial charge in [-0.25, -0.2) is 18.9 Å². The molecule has 0 N–H and O–H groups in total. The third-order valence-corrected chi connectivity index (χ3v) is 5.65. The van der Waals surface area contributed by atoms with Crippen LogP contribution in [-0.2, 0) is 13.0 Å². The monoisotopic (exact) mass is 367 g/mol. The fraction of sp³-hybridized carbons (Fsp3) is 0.368. The number of hydrogen-bond donors (Lipinski definition) is 0. The van der Waals surface area contributed by atoms with E-state index in [1.807, 2.05) is 18.2 Å². The van der Waals surface area contributed by atoms with Gasteiger partial charge in [0.2, 0.25) is 0 Å². The zero-order valence-electron chi connectivity index (χ0n) is 15.4. The summed E-state index contributed by atoms with van der Waals surface area (Å²) in [5, 5.41) is 5.70. The molecule has 6 nitrogen and oxygen atoms in total. The van der Waals surface area contributed by atoms with Crippen molar-refractivity contribution in [3.05, 3.63) is 56.8 Å². The number of fused-ring (bicyclic) bond motifs is 3. The van der Waals surface area contributed by atoms with E-state index in [0.717, 1.165) is 28.2 Å². The molecule has 4 heterocycles. The van der Waals surface area contributed by atoms with Gasteiger partial charge in [0.25, 0.3) is 0 Å². The molecule has 0 aliphatic rings. The highest BCUT2D eigenvalue weighted by molar-refractivity contribution is 7.18. The highest BCUT2D eigenvalue weighted by Gasteiger charge is 2.22. The molecular formula is C19H21N5OS. The Morgan fingerprint density at radius 3 is 2.73 bits per heavy atom. The second-order valence-corrected chi connectivity index (χ2v) is 7.92. The van der Waals surface area contributed by atoms with Crippen molar-refractivity contribution in [2.75, 3.05) is 0 Å². The molecular weight excluding hydrogens is 346 g/mol. The summed E-state index contributed by atoms with van der Waals surface area (Å²) in [4.78, 5) is 24.5. The van der Waals surface area contributed by atoms with Crippen LogP contribution in [0.4, 0.5) is 0 Å². The second kappa shape index (κ2) is 6.32. The Bertz CT molecular complexity index is 1150. The number of hydrogen-bond acceptors (Lipinski definition) is 5. The van der Waals surface area contributed by atoms with E-state index in [4.69, 9.17) is 10.1 Å². The lowest BCUT2D eigenvalue weighted by Gasteiger charge is -2.07. The zero-order valence-corrected chi connectivity index (χ0v) is 16.2. The molecule has 7 heteroatoms. The lowest BCUT2D eigenvalue weighted by molar-refractivity contribution is 0.638. The van der Waals surface area contributed by atoms with E-state index in [2.05, 4.69) is 32.7 Å². The van der Waals surface area contributed by atoms with Crippen LogP contribution in [0.5, 0.6) is 0 Å². The summed E-state index contributed by atoms with van der Waals surface area (Å²) in [6, 6.07) is 5.68. The fourth-order valence-corrected chi connectivity index (χ4v) is 4.48. The van der Waals surface area contributed by atoms with Crippen molar-refractivity contribution in [2.24, 2.45) is 0 Å². The van der Waals surface area contributed by atoms with Gasteiger partial charge in [-0.1, -0.05) is 26.8 Å². The van der Waals surface area contributed by atoms with Gasteiger partial charge in [-0.15, -0.1) is 16.4 Å². The minimum Gasteiger partial charge on any atom is -0.259 e. The summed E-state index contributed by atoms with van der Waals surface area (Å²) >= 11 is 1.68. The molecule has 0 saturated heterocycles. The van der Waals surface area contributed by atoms with Crippen LogP contribution >= 0.6 is 11.3 Å². The lowest BCUT2D eigenvalue weighted by atomic mass is 10.1. The van der Waals surface area contributed by atoms with Crippen molar-refractivity contribution in [3.8, 4) is 0 Å². The largest absolute Gasteiger partial charge is 0.352 e. The van der Waals surface area contributed by atoms with Gasteiger partial charge in [-0.05, 0) is 31.0 Å². The van der Waals surface area contributed by atoms with E-state index in [-0.39, 0.29) is 11.6 Å². The van der Waals surface area contributed by atoms with Crippen molar-refractivity contribution in [2.45, 2.75) is 46.6 Å². The molecule has 4 aromatic heterocycles. The Kier molecular flexibility index (Phi) is 4.11. The van der Waals surface area contributed by atoms with Crippen molar-refractivity contribution in [1.29, 1.82) is 0 Å². The summed E-state index contributed by atoms with van der Waals surface area (Å²) in [7, 11) is 0. The van der Waals surface area contributed by atoms with Crippen molar-refractivity contribution in [1.82, 2.24) is 24.1 Å². The van der Waals surface area contributed by atoms with Crippen LogP contribution in [0.25, 0.3) is 15.9 Å². The minimum absolute atomic E-state index is 0.125. The summed E-state index contributed by atoms with van der Waals surface area (Å²) in [5.74, 6) is 0.883. The van der Waals surface area contributed by atoms with Crippen LogP contribution in [0, 0.1) is 6.92 Å². The Balaban J connectivity index is 2.05. The average molecular weight is 367 g/mol. The number of pyridine rings is 1. The van der Waals surface area contributed by atoms with E-state index in [9.17, 15) is 4.79 Å². The van der Waals surface area contributed by atoms with E-state index in [0.29, 0.717) is 12.2 Å². The molecule has 4 rings (SSSR count). The predicted molar refractivity (Wildman–Crippen MR) is 104 cm³/mol. The van der Waals surface area contributed by atoms with Gasteiger partial charge in [0, 0.05) is 17.0 Å². The molecule has 0 bridgehead atoms. The van der Waals surface area contributed by atoms with Crippen molar-refractivity contribution in [3.63, 3.8) is 0 Å². The van der Waals surface area contributed by atoms with Crippen LogP contribution in [0.1, 0.15) is 48.6 Å². The summed E-state index contributed by atoms with van der Waals surface area (Å²) in [5.41, 5.74) is 2.59. The Morgan fingerprint density at radius 1 is 1.27 bits per heavy atom. The Morgan fingerprint density at radius 2 is 2.08 bits per heavy atom.